The number of carboxylic acids is 1. The van der Waals surface area contributed by atoms with Crippen LogP contribution in [0.25, 0.3) is 0 Å². The van der Waals surface area contributed by atoms with Gasteiger partial charge in [0, 0.05) is 31.7 Å². The zero-order valence-electron chi connectivity index (χ0n) is 12.5. The summed E-state index contributed by atoms with van der Waals surface area (Å²) in [5.74, 6) is -1.20. The number of rotatable bonds is 2. The van der Waals surface area contributed by atoms with Crippen molar-refractivity contribution in [2.24, 2.45) is 5.92 Å². The van der Waals surface area contributed by atoms with E-state index in [2.05, 4.69) is 10.2 Å². The minimum Gasteiger partial charge on any atom is -0.481 e. The monoisotopic (exact) mass is 295 g/mol. The highest BCUT2D eigenvalue weighted by Crippen LogP contribution is 2.26. The number of carboxylic acid groups (broad SMARTS) is 1. The van der Waals surface area contributed by atoms with Crippen LogP contribution in [0.4, 0.5) is 4.79 Å². The molecule has 118 valence electrons. The normalized spacial score (nSPS) is 33.5. The van der Waals surface area contributed by atoms with Gasteiger partial charge >= 0.3 is 12.0 Å². The van der Waals surface area contributed by atoms with E-state index in [1.54, 1.807) is 0 Å². The number of piperazine rings is 1. The van der Waals surface area contributed by atoms with Gasteiger partial charge in [0.2, 0.25) is 0 Å². The SMILES string of the molecule is O=C(O)C1CCCCC1NC(=O)N1CCN2CCCC2C1. The fraction of sp³-hybridized carbons (Fsp3) is 0.867. The molecule has 3 unspecified atom stereocenters. The van der Waals surface area contributed by atoms with Crippen LogP contribution in [0.5, 0.6) is 0 Å². The maximum Gasteiger partial charge on any atom is 0.317 e. The van der Waals surface area contributed by atoms with Gasteiger partial charge in [0.25, 0.3) is 0 Å². The van der Waals surface area contributed by atoms with Crippen LogP contribution in [0.3, 0.4) is 0 Å². The molecule has 2 N–H and O–H groups in total. The van der Waals surface area contributed by atoms with Gasteiger partial charge in [0.05, 0.1) is 5.92 Å². The van der Waals surface area contributed by atoms with Crippen molar-refractivity contribution >= 4 is 12.0 Å². The zero-order valence-corrected chi connectivity index (χ0v) is 12.5. The molecule has 2 amide bonds. The number of nitrogens with zero attached hydrogens (tertiary/aromatic N) is 2. The van der Waals surface area contributed by atoms with Gasteiger partial charge in [-0.15, -0.1) is 0 Å². The van der Waals surface area contributed by atoms with Crippen LogP contribution in [-0.2, 0) is 4.79 Å². The number of carbonyl (C=O) groups is 2. The van der Waals surface area contributed by atoms with Gasteiger partial charge in [0.1, 0.15) is 0 Å². The number of nitrogens with one attached hydrogen (secondary N) is 1. The van der Waals surface area contributed by atoms with E-state index < -0.39 is 11.9 Å². The predicted molar refractivity (Wildman–Crippen MR) is 78.1 cm³/mol. The Hall–Kier alpha value is -1.30. The molecule has 1 saturated carbocycles. The molecule has 2 heterocycles. The summed E-state index contributed by atoms with van der Waals surface area (Å²) in [7, 11) is 0. The number of urea groups is 1. The van der Waals surface area contributed by atoms with Gasteiger partial charge in [-0.25, -0.2) is 4.79 Å². The number of carbonyl (C=O) groups excluding carboxylic acids is 1. The van der Waals surface area contributed by atoms with E-state index in [0.717, 1.165) is 45.4 Å². The molecule has 0 spiro atoms. The zero-order chi connectivity index (χ0) is 14.8. The van der Waals surface area contributed by atoms with E-state index >= 15 is 0 Å². The number of hydrogen-bond acceptors (Lipinski definition) is 3. The van der Waals surface area contributed by atoms with E-state index in [-0.39, 0.29) is 12.1 Å². The lowest BCUT2D eigenvalue weighted by Gasteiger charge is -2.39. The van der Waals surface area contributed by atoms with Crippen LogP contribution in [0.1, 0.15) is 38.5 Å². The van der Waals surface area contributed by atoms with Crippen LogP contribution in [-0.4, -0.2) is 65.2 Å². The van der Waals surface area contributed by atoms with Gasteiger partial charge < -0.3 is 15.3 Å². The summed E-state index contributed by atoms with van der Waals surface area (Å²) in [6.07, 6.45) is 5.81. The molecular weight excluding hydrogens is 270 g/mol. The summed E-state index contributed by atoms with van der Waals surface area (Å²) < 4.78 is 0. The highest BCUT2D eigenvalue weighted by atomic mass is 16.4. The van der Waals surface area contributed by atoms with Gasteiger partial charge in [-0.2, -0.15) is 0 Å². The quantitative estimate of drug-likeness (QED) is 0.801. The van der Waals surface area contributed by atoms with E-state index in [1.165, 1.54) is 12.8 Å². The van der Waals surface area contributed by atoms with Crippen molar-refractivity contribution in [3.05, 3.63) is 0 Å². The third-order valence-corrected chi connectivity index (χ3v) is 5.27. The minimum atomic E-state index is -0.777. The number of aliphatic carboxylic acids is 1. The lowest BCUT2D eigenvalue weighted by Crippen LogP contribution is -2.57. The Morgan fingerprint density at radius 1 is 1.00 bits per heavy atom. The van der Waals surface area contributed by atoms with Crippen molar-refractivity contribution in [2.45, 2.75) is 50.6 Å². The molecule has 0 aromatic rings. The van der Waals surface area contributed by atoms with E-state index in [0.29, 0.717) is 12.5 Å². The number of hydrogen-bond donors (Lipinski definition) is 2. The lowest BCUT2D eigenvalue weighted by atomic mass is 9.84. The van der Waals surface area contributed by atoms with Crippen molar-refractivity contribution in [3.63, 3.8) is 0 Å². The first-order valence-electron chi connectivity index (χ1n) is 8.17. The van der Waals surface area contributed by atoms with Gasteiger partial charge in [0.15, 0.2) is 0 Å². The Kier molecular flexibility index (Phi) is 4.33. The molecule has 3 atom stereocenters. The van der Waals surface area contributed by atoms with E-state index in [1.807, 2.05) is 4.90 Å². The maximum atomic E-state index is 12.4. The molecule has 6 nitrogen and oxygen atoms in total. The summed E-state index contributed by atoms with van der Waals surface area (Å²) in [6.45, 7) is 3.65. The molecule has 2 aliphatic heterocycles. The Balaban J connectivity index is 1.56. The summed E-state index contributed by atoms with van der Waals surface area (Å²) in [5, 5.41) is 12.3. The minimum absolute atomic E-state index is 0.0697. The molecule has 3 rings (SSSR count). The Morgan fingerprint density at radius 2 is 1.81 bits per heavy atom. The third kappa shape index (κ3) is 3.15. The van der Waals surface area contributed by atoms with Crippen LogP contribution in [0, 0.1) is 5.92 Å². The molecule has 0 bridgehead atoms. The van der Waals surface area contributed by atoms with Crippen LogP contribution < -0.4 is 5.32 Å². The summed E-state index contributed by atoms with van der Waals surface area (Å²) >= 11 is 0. The van der Waals surface area contributed by atoms with Gasteiger partial charge in [-0.05, 0) is 32.2 Å². The standard InChI is InChI=1S/C15H25N3O3/c19-14(20)12-5-1-2-6-13(12)16-15(21)18-9-8-17-7-3-4-11(17)10-18/h11-13H,1-10H2,(H,16,21)(H,19,20). The van der Waals surface area contributed by atoms with E-state index in [9.17, 15) is 14.7 Å². The summed E-state index contributed by atoms with van der Waals surface area (Å²) in [5.41, 5.74) is 0. The number of amides is 2. The second-order valence-corrected chi connectivity index (χ2v) is 6.56. The van der Waals surface area contributed by atoms with Crippen molar-refractivity contribution in [2.75, 3.05) is 26.2 Å². The van der Waals surface area contributed by atoms with Gasteiger partial charge in [-0.3, -0.25) is 9.69 Å². The Morgan fingerprint density at radius 3 is 2.62 bits per heavy atom. The largest absolute Gasteiger partial charge is 0.481 e. The molecule has 0 radical (unpaired) electrons. The predicted octanol–water partition coefficient (Wildman–Crippen LogP) is 1.12. The second-order valence-electron chi connectivity index (χ2n) is 6.56. The first-order chi connectivity index (χ1) is 10.1. The highest BCUT2D eigenvalue weighted by molar-refractivity contribution is 5.77. The van der Waals surface area contributed by atoms with Crippen molar-refractivity contribution < 1.29 is 14.7 Å². The van der Waals surface area contributed by atoms with Crippen molar-refractivity contribution in [1.29, 1.82) is 0 Å². The first kappa shape index (κ1) is 14.6. The average Bonchev–Trinajstić information content (AvgIpc) is 2.94. The average molecular weight is 295 g/mol. The summed E-state index contributed by atoms with van der Waals surface area (Å²) in [6, 6.07) is 0.233. The molecular formula is C15H25N3O3. The lowest BCUT2D eigenvalue weighted by molar-refractivity contribution is -0.143. The fourth-order valence-corrected chi connectivity index (χ4v) is 4.02. The molecule has 3 aliphatic rings. The smallest absolute Gasteiger partial charge is 0.317 e. The van der Waals surface area contributed by atoms with Crippen molar-refractivity contribution in [3.8, 4) is 0 Å². The molecule has 1 aliphatic carbocycles. The van der Waals surface area contributed by atoms with E-state index in [4.69, 9.17) is 0 Å². The second kappa shape index (κ2) is 6.22. The maximum absolute atomic E-state index is 12.4. The summed E-state index contributed by atoms with van der Waals surface area (Å²) in [4.78, 5) is 28.1. The Bertz CT molecular complexity index is 415. The molecule has 6 heteroatoms. The Labute approximate surface area is 125 Å². The number of fused-ring (bicyclic) bond motifs is 1. The van der Waals surface area contributed by atoms with Crippen molar-refractivity contribution in [1.82, 2.24) is 15.1 Å². The van der Waals surface area contributed by atoms with Crippen LogP contribution in [0.15, 0.2) is 0 Å². The molecule has 2 saturated heterocycles. The molecule has 0 aromatic carbocycles. The third-order valence-electron chi connectivity index (χ3n) is 5.27. The van der Waals surface area contributed by atoms with Crippen LogP contribution in [0.2, 0.25) is 0 Å². The molecule has 3 fully saturated rings. The highest BCUT2D eigenvalue weighted by Gasteiger charge is 2.36. The topological polar surface area (TPSA) is 72.9 Å². The van der Waals surface area contributed by atoms with Crippen LogP contribution >= 0.6 is 0 Å². The fourth-order valence-electron chi connectivity index (χ4n) is 4.02. The molecule has 21 heavy (non-hydrogen) atoms. The molecule has 0 aromatic heterocycles. The first-order valence-corrected chi connectivity index (χ1v) is 8.17. The van der Waals surface area contributed by atoms with Gasteiger partial charge in [-0.1, -0.05) is 12.8 Å².